The average Bonchev–Trinajstić information content (AvgIpc) is 2.97. The van der Waals surface area contributed by atoms with Crippen molar-refractivity contribution >= 4 is 21.7 Å². The first-order valence-corrected chi connectivity index (χ1v) is 8.00. The molecule has 0 radical (unpaired) electrons. The molecule has 1 aromatic heterocycles. The third-order valence-electron chi connectivity index (χ3n) is 3.28. The van der Waals surface area contributed by atoms with Crippen molar-refractivity contribution in [3.05, 3.63) is 23.7 Å². The van der Waals surface area contributed by atoms with Crippen LogP contribution in [0.25, 0.3) is 0 Å². The Morgan fingerprint density at radius 2 is 2.05 bits per heavy atom. The van der Waals surface area contributed by atoms with E-state index in [1.54, 1.807) is 6.92 Å². The van der Waals surface area contributed by atoms with E-state index in [1.165, 1.54) is 17.0 Å². The number of aromatic carboxylic acids is 1. The Morgan fingerprint density at radius 1 is 1.40 bits per heavy atom. The van der Waals surface area contributed by atoms with E-state index in [9.17, 15) is 18.0 Å². The molecule has 0 bridgehead atoms. The van der Waals surface area contributed by atoms with Crippen LogP contribution in [0.15, 0.2) is 16.5 Å². The van der Waals surface area contributed by atoms with Crippen LogP contribution in [0.1, 0.15) is 34.5 Å². The van der Waals surface area contributed by atoms with Gasteiger partial charge >= 0.3 is 5.97 Å². The number of carbonyl (C=O) groups is 2. The molecule has 1 aromatic rings. The van der Waals surface area contributed by atoms with Crippen LogP contribution in [0.2, 0.25) is 0 Å². The molecule has 1 atom stereocenters. The van der Waals surface area contributed by atoms with Crippen molar-refractivity contribution in [1.82, 2.24) is 4.90 Å². The van der Waals surface area contributed by atoms with E-state index in [1.807, 2.05) is 0 Å². The Hall–Kier alpha value is -1.83. The maximum absolute atomic E-state index is 12.3. The van der Waals surface area contributed by atoms with E-state index in [-0.39, 0.29) is 29.1 Å². The van der Waals surface area contributed by atoms with Gasteiger partial charge in [0.1, 0.15) is 0 Å². The number of carboxylic acid groups (broad SMARTS) is 1. The van der Waals surface area contributed by atoms with Crippen LogP contribution in [0, 0.1) is 0 Å². The van der Waals surface area contributed by atoms with Gasteiger partial charge in [-0.25, -0.2) is 13.2 Å². The molecule has 110 valence electrons. The molecule has 1 N–H and O–H groups in total. The number of nitrogens with zero attached hydrogens (tertiary/aromatic N) is 1. The van der Waals surface area contributed by atoms with Gasteiger partial charge in [0.25, 0.3) is 5.91 Å². The second-order valence-corrected chi connectivity index (χ2v) is 6.85. The molecule has 2 heterocycles. The number of carbonyl (C=O) groups excluding carboxylic acids is 1. The van der Waals surface area contributed by atoms with E-state index < -0.39 is 21.7 Å². The van der Waals surface area contributed by atoms with E-state index in [0.717, 1.165) is 0 Å². The van der Waals surface area contributed by atoms with Crippen molar-refractivity contribution in [1.29, 1.82) is 0 Å². The number of amides is 1. The fraction of sp³-hybridized carbons (Fsp3) is 0.500. The molecule has 0 saturated carbocycles. The maximum Gasteiger partial charge on any atom is 0.371 e. The van der Waals surface area contributed by atoms with Crippen molar-refractivity contribution in [3.63, 3.8) is 0 Å². The van der Waals surface area contributed by atoms with Crippen LogP contribution in [-0.2, 0) is 9.84 Å². The van der Waals surface area contributed by atoms with E-state index in [4.69, 9.17) is 9.52 Å². The number of hydrogen-bond acceptors (Lipinski definition) is 5. The minimum atomic E-state index is -3.09. The van der Waals surface area contributed by atoms with E-state index in [2.05, 4.69) is 0 Å². The predicted molar refractivity (Wildman–Crippen MR) is 69.4 cm³/mol. The summed E-state index contributed by atoms with van der Waals surface area (Å²) >= 11 is 0. The largest absolute Gasteiger partial charge is 0.475 e. The summed E-state index contributed by atoms with van der Waals surface area (Å²) < 4.78 is 27.9. The number of carboxylic acids is 1. The number of hydrogen-bond donors (Lipinski definition) is 1. The number of sulfone groups is 1. The molecule has 1 aliphatic rings. The topological polar surface area (TPSA) is 105 Å². The lowest BCUT2D eigenvalue weighted by Gasteiger charge is -2.25. The monoisotopic (exact) mass is 301 g/mol. The van der Waals surface area contributed by atoms with Crippen LogP contribution in [-0.4, -0.2) is 54.4 Å². The Morgan fingerprint density at radius 3 is 2.50 bits per heavy atom. The van der Waals surface area contributed by atoms with Gasteiger partial charge in [0, 0.05) is 12.6 Å². The molecule has 1 fully saturated rings. The highest BCUT2D eigenvalue weighted by Crippen LogP contribution is 2.20. The predicted octanol–water partition coefficient (Wildman–Crippen LogP) is 0.627. The Kier molecular flexibility index (Phi) is 3.85. The Bertz CT molecular complexity index is 632. The molecule has 0 aromatic carbocycles. The lowest BCUT2D eigenvalue weighted by Crippen LogP contribution is -2.40. The van der Waals surface area contributed by atoms with Gasteiger partial charge in [-0.05, 0) is 25.5 Å². The quantitative estimate of drug-likeness (QED) is 0.874. The molecule has 7 nitrogen and oxygen atoms in total. The smallest absolute Gasteiger partial charge is 0.371 e. The molecule has 0 spiro atoms. The Balaban J connectivity index is 2.19. The zero-order chi connectivity index (χ0) is 14.9. The summed E-state index contributed by atoms with van der Waals surface area (Å²) in [6.45, 7) is 2.08. The maximum atomic E-state index is 12.3. The number of furan rings is 1. The second-order valence-electron chi connectivity index (χ2n) is 4.62. The minimum absolute atomic E-state index is 0.0565. The first kappa shape index (κ1) is 14.6. The molecule has 1 unspecified atom stereocenters. The fourth-order valence-corrected chi connectivity index (χ4v) is 4.03. The molecule has 8 heteroatoms. The standard InChI is InChI=1S/C12H15NO6S/c1-2-13(8-5-6-20(17,18)7-8)11(14)9-3-4-10(19-9)12(15)16/h3-4,8H,2,5-7H2,1H3,(H,15,16). The van der Waals surface area contributed by atoms with Gasteiger partial charge in [-0.3, -0.25) is 4.79 Å². The molecule has 0 aliphatic carbocycles. The SMILES string of the molecule is CCN(C(=O)c1ccc(C(=O)O)o1)C1CCS(=O)(=O)C1. The summed E-state index contributed by atoms with van der Waals surface area (Å²) in [5, 5.41) is 8.76. The highest BCUT2D eigenvalue weighted by Gasteiger charge is 2.35. The molecule has 1 aliphatic heterocycles. The summed E-state index contributed by atoms with van der Waals surface area (Å²) in [5.74, 6) is -2.13. The highest BCUT2D eigenvalue weighted by atomic mass is 32.2. The van der Waals surface area contributed by atoms with Crippen molar-refractivity contribution in [2.24, 2.45) is 0 Å². The molecular formula is C12H15NO6S. The molecule has 2 rings (SSSR count). The van der Waals surface area contributed by atoms with Crippen LogP contribution in [0.3, 0.4) is 0 Å². The van der Waals surface area contributed by atoms with Crippen LogP contribution >= 0.6 is 0 Å². The number of rotatable bonds is 4. The third-order valence-corrected chi connectivity index (χ3v) is 5.03. The normalized spacial score (nSPS) is 20.8. The lowest BCUT2D eigenvalue weighted by molar-refractivity contribution is 0.0637. The van der Waals surface area contributed by atoms with Crippen molar-refractivity contribution in [2.75, 3.05) is 18.1 Å². The summed E-state index contributed by atoms with van der Waals surface area (Å²) in [7, 11) is -3.09. The summed E-state index contributed by atoms with van der Waals surface area (Å²) in [4.78, 5) is 24.4. The second kappa shape index (κ2) is 5.28. The van der Waals surface area contributed by atoms with Gasteiger partial charge in [0.05, 0.1) is 11.5 Å². The van der Waals surface area contributed by atoms with Crippen molar-refractivity contribution in [2.45, 2.75) is 19.4 Å². The Labute approximate surface area is 116 Å². The van der Waals surface area contributed by atoms with Crippen molar-refractivity contribution in [3.8, 4) is 0 Å². The first-order chi connectivity index (χ1) is 9.34. The van der Waals surface area contributed by atoms with Crippen molar-refractivity contribution < 1.29 is 27.5 Å². The van der Waals surface area contributed by atoms with Crippen LogP contribution < -0.4 is 0 Å². The summed E-state index contributed by atoms with van der Waals surface area (Å²) in [6.07, 6.45) is 0.397. The van der Waals surface area contributed by atoms with Gasteiger partial charge < -0.3 is 14.4 Å². The summed E-state index contributed by atoms with van der Waals surface area (Å²) in [5.41, 5.74) is 0. The molecule has 1 amide bonds. The van der Waals surface area contributed by atoms with Crippen LogP contribution in [0.5, 0.6) is 0 Å². The van der Waals surface area contributed by atoms with Gasteiger partial charge in [0.2, 0.25) is 5.76 Å². The zero-order valence-electron chi connectivity index (χ0n) is 10.9. The van der Waals surface area contributed by atoms with E-state index in [0.29, 0.717) is 13.0 Å². The average molecular weight is 301 g/mol. The highest BCUT2D eigenvalue weighted by molar-refractivity contribution is 7.91. The van der Waals surface area contributed by atoms with Gasteiger partial charge in [0.15, 0.2) is 15.6 Å². The summed E-state index contributed by atoms with van der Waals surface area (Å²) in [6, 6.07) is 2.11. The zero-order valence-corrected chi connectivity index (χ0v) is 11.7. The molecule has 20 heavy (non-hydrogen) atoms. The lowest BCUT2D eigenvalue weighted by atomic mass is 10.2. The third kappa shape index (κ3) is 2.84. The molecular weight excluding hydrogens is 286 g/mol. The fourth-order valence-electron chi connectivity index (χ4n) is 2.30. The minimum Gasteiger partial charge on any atom is -0.475 e. The van der Waals surface area contributed by atoms with Gasteiger partial charge in [-0.1, -0.05) is 0 Å². The van der Waals surface area contributed by atoms with Crippen LogP contribution in [0.4, 0.5) is 0 Å². The van der Waals surface area contributed by atoms with E-state index >= 15 is 0 Å². The molecule has 1 saturated heterocycles. The first-order valence-electron chi connectivity index (χ1n) is 6.18. The van der Waals surface area contributed by atoms with Gasteiger partial charge in [-0.15, -0.1) is 0 Å². The van der Waals surface area contributed by atoms with Gasteiger partial charge in [-0.2, -0.15) is 0 Å².